The van der Waals surface area contributed by atoms with Crippen molar-refractivity contribution in [3.63, 3.8) is 0 Å². The molecule has 0 aliphatic carbocycles. The van der Waals surface area contributed by atoms with Crippen LogP contribution < -0.4 is 0 Å². The molecule has 4 aromatic rings. The van der Waals surface area contributed by atoms with Crippen LogP contribution in [0.4, 0.5) is 8.78 Å². The number of sulfonamides is 1. The summed E-state index contributed by atoms with van der Waals surface area (Å²) in [4.78, 5) is 7.33. The number of imidazole rings is 1. The molecule has 0 unspecified atom stereocenters. The van der Waals surface area contributed by atoms with Gasteiger partial charge in [-0.05, 0) is 46.3 Å². The Bertz CT molecular complexity index is 1510. The van der Waals surface area contributed by atoms with Crippen LogP contribution in [-0.4, -0.2) is 44.0 Å². The van der Waals surface area contributed by atoms with Crippen molar-refractivity contribution in [1.82, 2.24) is 29.0 Å². The Hall–Kier alpha value is -2.67. The summed E-state index contributed by atoms with van der Waals surface area (Å²) in [5.74, 6) is 0.528. The Morgan fingerprint density at radius 1 is 1.12 bits per heavy atom. The van der Waals surface area contributed by atoms with E-state index < -0.39 is 22.5 Å². The third-order valence-corrected chi connectivity index (χ3v) is 8.51. The van der Waals surface area contributed by atoms with Crippen LogP contribution in [0.3, 0.4) is 0 Å². The lowest BCUT2D eigenvalue weighted by Gasteiger charge is -2.27. The third-order valence-electron chi connectivity index (χ3n) is 5.54. The first kappa shape index (κ1) is 23.1. The van der Waals surface area contributed by atoms with Gasteiger partial charge < -0.3 is 9.55 Å². The van der Waals surface area contributed by atoms with E-state index >= 15 is 0 Å². The average molecular weight is 570 g/mol. The number of hydrogen-bond donors (Lipinski definition) is 1. The number of hydrogen-bond acceptors (Lipinski definition) is 5. The van der Waals surface area contributed by atoms with Crippen LogP contribution in [0.1, 0.15) is 11.6 Å². The topological polar surface area (TPSA) is 96.8 Å². The number of alkyl halides is 1. The normalized spacial score (nSPS) is 14.4. The summed E-state index contributed by atoms with van der Waals surface area (Å²) in [6.45, 7) is -0.452. The van der Waals surface area contributed by atoms with Crippen LogP contribution in [0.15, 0.2) is 52.0 Å². The summed E-state index contributed by atoms with van der Waals surface area (Å²) < 4.78 is 56.9. The van der Waals surface area contributed by atoms with Gasteiger partial charge in [-0.2, -0.15) is 4.31 Å². The fourth-order valence-corrected chi connectivity index (χ4v) is 5.90. The number of nitrogens with one attached hydrogen (secondary N) is 1. The molecular weight excluding hydrogens is 554 g/mol. The van der Waals surface area contributed by atoms with E-state index in [1.54, 1.807) is 29.0 Å². The summed E-state index contributed by atoms with van der Waals surface area (Å²) in [6.07, 6.45) is 1.54. The maximum absolute atomic E-state index is 13.9. The highest BCUT2D eigenvalue weighted by atomic mass is 79.9. The Labute approximate surface area is 206 Å². The van der Waals surface area contributed by atoms with Crippen molar-refractivity contribution in [3.8, 4) is 22.6 Å². The molecule has 1 N–H and O–H groups in total. The second-order valence-corrected chi connectivity index (χ2v) is 10.7. The van der Waals surface area contributed by atoms with Gasteiger partial charge >= 0.3 is 0 Å². The zero-order chi connectivity index (χ0) is 24.0. The first-order valence-electron chi connectivity index (χ1n) is 10.1. The van der Waals surface area contributed by atoms with Crippen LogP contribution in [0, 0.1) is 5.82 Å². The molecule has 13 heteroatoms. The number of aromatic amines is 1. The molecule has 0 bridgehead atoms. The van der Waals surface area contributed by atoms with Gasteiger partial charge in [-0.3, -0.25) is 0 Å². The van der Waals surface area contributed by atoms with Gasteiger partial charge in [0.15, 0.2) is 5.82 Å². The number of H-pyrrole nitrogens is 1. The number of rotatable bonds is 5. The molecule has 34 heavy (non-hydrogen) atoms. The van der Waals surface area contributed by atoms with Crippen molar-refractivity contribution in [2.24, 2.45) is 0 Å². The van der Waals surface area contributed by atoms with E-state index in [-0.39, 0.29) is 35.4 Å². The third kappa shape index (κ3) is 4.04. The second-order valence-electron chi connectivity index (χ2n) is 7.58. The first-order chi connectivity index (χ1) is 16.3. The van der Waals surface area contributed by atoms with Crippen LogP contribution >= 0.6 is 27.5 Å². The molecule has 0 saturated carbocycles. The number of benzene rings is 2. The maximum Gasteiger partial charge on any atom is 0.245 e. The molecule has 2 aromatic carbocycles. The Morgan fingerprint density at radius 2 is 1.91 bits per heavy atom. The minimum atomic E-state index is -3.99. The van der Waals surface area contributed by atoms with E-state index in [0.29, 0.717) is 32.9 Å². The predicted octanol–water partition coefficient (Wildman–Crippen LogP) is 4.56. The van der Waals surface area contributed by atoms with Crippen LogP contribution in [-0.2, 0) is 29.8 Å². The van der Waals surface area contributed by atoms with Gasteiger partial charge in [-0.15, -0.1) is 10.2 Å². The summed E-state index contributed by atoms with van der Waals surface area (Å²) in [5.41, 5.74) is 1.65. The molecule has 0 saturated heterocycles. The van der Waals surface area contributed by atoms with E-state index in [4.69, 9.17) is 11.6 Å². The van der Waals surface area contributed by atoms with Crippen LogP contribution in [0.25, 0.3) is 22.6 Å². The van der Waals surface area contributed by atoms with Crippen molar-refractivity contribution < 1.29 is 17.2 Å². The smallest absolute Gasteiger partial charge is 0.245 e. The molecule has 176 valence electrons. The number of aromatic nitrogens is 5. The van der Waals surface area contributed by atoms with Crippen LogP contribution in [0.2, 0.25) is 5.02 Å². The molecule has 8 nitrogen and oxygen atoms in total. The Balaban J connectivity index is 1.46. The summed E-state index contributed by atoms with van der Waals surface area (Å²) in [7, 11) is -3.99. The maximum atomic E-state index is 13.9. The van der Waals surface area contributed by atoms with Gasteiger partial charge in [-0.25, -0.2) is 22.2 Å². The number of nitrogens with zero attached hydrogens (tertiary/aromatic N) is 5. The van der Waals surface area contributed by atoms with Crippen molar-refractivity contribution in [3.05, 3.63) is 69.6 Å². The molecule has 0 amide bonds. The lowest BCUT2D eigenvalue weighted by Crippen LogP contribution is -2.38. The predicted molar refractivity (Wildman–Crippen MR) is 125 cm³/mol. The average Bonchev–Trinajstić information content (AvgIpc) is 3.48. The molecular formula is C21H16BrClF2N6O2S. The molecule has 3 heterocycles. The Morgan fingerprint density at radius 3 is 2.68 bits per heavy atom. The molecule has 0 radical (unpaired) electrons. The number of halogens is 4. The number of fused-ring (bicyclic) bond motifs is 1. The van der Waals surface area contributed by atoms with E-state index in [9.17, 15) is 17.2 Å². The summed E-state index contributed by atoms with van der Waals surface area (Å²) in [6, 6.07) is 9.25. The van der Waals surface area contributed by atoms with Crippen molar-refractivity contribution in [2.75, 3.05) is 6.54 Å². The van der Waals surface area contributed by atoms with E-state index in [0.717, 1.165) is 0 Å². The van der Waals surface area contributed by atoms with Gasteiger partial charge in [0.2, 0.25) is 10.0 Å². The SMILES string of the molecule is O=S(=O)(c1cc(-c2ncc(-c3ccc(Br)c(F)c3)[nH]2)ccc1Cl)N1CCn2c(CF)nnc2C1. The van der Waals surface area contributed by atoms with Gasteiger partial charge in [0.1, 0.15) is 29.0 Å². The fraction of sp³-hybridized carbons (Fsp3) is 0.190. The van der Waals surface area contributed by atoms with Crippen LogP contribution in [0.5, 0.6) is 0 Å². The highest BCUT2D eigenvalue weighted by Gasteiger charge is 2.32. The zero-order valence-electron chi connectivity index (χ0n) is 17.3. The zero-order valence-corrected chi connectivity index (χ0v) is 20.5. The molecule has 0 spiro atoms. The van der Waals surface area contributed by atoms with Crippen molar-refractivity contribution >= 4 is 37.6 Å². The van der Waals surface area contributed by atoms with Crippen molar-refractivity contribution in [1.29, 1.82) is 0 Å². The minimum absolute atomic E-state index is 0.0457. The second kappa shape index (κ2) is 8.84. The molecule has 0 atom stereocenters. The summed E-state index contributed by atoms with van der Waals surface area (Å²) in [5, 5.41) is 7.73. The summed E-state index contributed by atoms with van der Waals surface area (Å²) >= 11 is 9.41. The molecule has 5 rings (SSSR count). The molecule has 2 aromatic heterocycles. The van der Waals surface area contributed by atoms with Gasteiger partial charge in [-0.1, -0.05) is 17.7 Å². The highest BCUT2D eigenvalue weighted by molar-refractivity contribution is 9.10. The lowest BCUT2D eigenvalue weighted by atomic mass is 10.2. The molecule has 1 aliphatic heterocycles. The highest BCUT2D eigenvalue weighted by Crippen LogP contribution is 2.32. The van der Waals surface area contributed by atoms with Crippen molar-refractivity contribution in [2.45, 2.75) is 24.7 Å². The lowest BCUT2D eigenvalue weighted by molar-refractivity contribution is 0.325. The molecule has 0 fully saturated rings. The molecule has 1 aliphatic rings. The van der Waals surface area contributed by atoms with Gasteiger partial charge in [0, 0.05) is 24.2 Å². The van der Waals surface area contributed by atoms with Gasteiger partial charge in [0.25, 0.3) is 0 Å². The van der Waals surface area contributed by atoms with E-state index in [2.05, 4.69) is 36.1 Å². The Kier molecular flexibility index (Phi) is 6.00. The first-order valence-corrected chi connectivity index (χ1v) is 12.7. The van der Waals surface area contributed by atoms with Gasteiger partial charge in [0.05, 0.1) is 27.9 Å². The minimum Gasteiger partial charge on any atom is -0.338 e. The van der Waals surface area contributed by atoms with E-state index in [1.807, 2.05) is 0 Å². The monoisotopic (exact) mass is 568 g/mol. The van der Waals surface area contributed by atoms with E-state index in [1.165, 1.54) is 22.5 Å². The quantitative estimate of drug-likeness (QED) is 0.380. The standard InChI is InChI=1S/C21H16BrClF2N6O2S/c22-14-3-1-12(7-16(14)25)17-10-26-21(27-17)13-2-4-15(23)18(8-13)34(32,33)30-5-6-31-19(9-24)28-29-20(31)11-30/h1-4,7-8,10H,5-6,9,11H2,(H,26,27). The largest absolute Gasteiger partial charge is 0.338 e. The fourth-order valence-electron chi connectivity index (χ4n) is 3.77.